The van der Waals surface area contributed by atoms with Crippen molar-refractivity contribution in [1.82, 2.24) is 0 Å². The number of methoxy groups -OCH3 is 2. The number of cyclic esters (lactones) is 1. The summed E-state index contributed by atoms with van der Waals surface area (Å²) in [5.74, 6) is -0.724. The van der Waals surface area contributed by atoms with Crippen LogP contribution in [0.5, 0.6) is 11.5 Å². The van der Waals surface area contributed by atoms with Crippen LogP contribution in [-0.2, 0) is 20.5 Å². The van der Waals surface area contributed by atoms with Gasteiger partial charge in [0.1, 0.15) is 6.61 Å². The Balaban J connectivity index is 1.80. The maximum absolute atomic E-state index is 13.1. The second kappa shape index (κ2) is 7.64. The van der Waals surface area contributed by atoms with Gasteiger partial charge in [0.2, 0.25) is 5.91 Å². The molecule has 2 heterocycles. The van der Waals surface area contributed by atoms with Crippen LogP contribution in [-0.4, -0.2) is 32.7 Å². The molecule has 0 saturated heterocycles. The lowest BCUT2D eigenvalue weighted by atomic mass is 9.83. The molecule has 2 aliphatic heterocycles. The Morgan fingerprint density at radius 3 is 2.35 bits per heavy atom. The van der Waals surface area contributed by atoms with E-state index < -0.39 is 23.6 Å². The number of amides is 1. The fourth-order valence-corrected chi connectivity index (χ4v) is 4.01. The van der Waals surface area contributed by atoms with Crippen LogP contribution < -0.4 is 14.4 Å². The number of anilines is 1. The number of hydrogen-bond donors (Lipinski definition) is 0. The number of halogens is 3. The van der Waals surface area contributed by atoms with Crippen LogP contribution in [0.25, 0.3) is 0 Å². The summed E-state index contributed by atoms with van der Waals surface area (Å²) in [6.07, 6.45) is -4.58. The molecular formula is C22H18F3NO5. The molecule has 2 aromatic carbocycles. The topological polar surface area (TPSA) is 65.1 Å². The van der Waals surface area contributed by atoms with E-state index in [1.54, 1.807) is 18.2 Å². The molecule has 1 amide bonds. The predicted octanol–water partition coefficient (Wildman–Crippen LogP) is 4.05. The SMILES string of the molecule is COc1cccc(C2CC(=O)N(c3ccc(C(F)(F)F)cc3)C3=C2C(=O)OC3)c1OC. The van der Waals surface area contributed by atoms with Crippen molar-refractivity contribution in [3.8, 4) is 11.5 Å². The molecule has 0 bridgehead atoms. The first-order valence-corrected chi connectivity index (χ1v) is 9.37. The molecule has 0 aromatic heterocycles. The summed E-state index contributed by atoms with van der Waals surface area (Å²) in [4.78, 5) is 26.9. The molecule has 1 atom stereocenters. The molecule has 6 nitrogen and oxygen atoms in total. The third-order valence-corrected chi connectivity index (χ3v) is 5.38. The number of alkyl halides is 3. The Kier molecular flexibility index (Phi) is 5.12. The highest BCUT2D eigenvalue weighted by Gasteiger charge is 2.44. The lowest BCUT2D eigenvalue weighted by molar-refractivity contribution is -0.138. The number of benzene rings is 2. The molecular weight excluding hydrogens is 415 g/mol. The number of ether oxygens (including phenoxy) is 3. The van der Waals surface area contributed by atoms with Crippen LogP contribution >= 0.6 is 0 Å². The van der Waals surface area contributed by atoms with Crippen molar-refractivity contribution in [3.63, 3.8) is 0 Å². The molecule has 2 aromatic rings. The van der Waals surface area contributed by atoms with Crippen LogP contribution in [0.2, 0.25) is 0 Å². The van der Waals surface area contributed by atoms with Gasteiger partial charge < -0.3 is 14.2 Å². The van der Waals surface area contributed by atoms with E-state index in [0.717, 1.165) is 12.1 Å². The van der Waals surface area contributed by atoms with Gasteiger partial charge in [-0.3, -0.25) is 9.69 Å². The van der Waals surface area contributed by atoms with Gasteiger partial charge in [0.05, 0.1) is 31.1 Å². The van der Waals surface area contributed by atoms with Gasteiger partial charge in [0, 0.05) is 23.6 Å². The van der Waals surface area contributed by atoms with Gasteiger partial charge in [-0.05, 0) is 30.3 Å². The normalized spacial score (nSPS) is 18.7. The molecule has 9 heteroatoms. The second-order valence-corrected chi connectivity index (χ2v) is 7.05. The third kappa shape index (κ3) is 3.49. The first-order chi connectivity index (χ1) is 14.8. The number of carbonyl (C=O) groups excluding carboxylic acids is 2. The van der Waals surface area contributed by atoms with Gasteiger partial charge in [0.15, 0.2) is 11.5 Å². The van der Waals surface area contributed by atoms with E-state index in [9.17, 15) is 22.8 Å². The molecule has 1 unspecified atom stereocenters. The van der Waals surface area contributed by atoms with Crippen LogP contribution in [0.3, 0.4) is 0 Å². The molecule has 0 saturated carbocycles. The minimum absolute atomic E-state index is 0.0848. The zero-order chi connectivity index (χ0) is 22.3. The lowest BCUT2D eigenvalue weighted by Crippen LogP contribution is -2.37. The Labute approximate surface area is 175 Å². The molecule has 162 valence electrons. The Hall–Kier alpha value is -3.49. The standard InChI is InChI=1S/C22H18F3NO5/c1-29-17-5-3-4-14(20(17)30-2)15-10-18(27)26(16-11-31-21(28)19(15)16)13-8-6-12(7-9-13)22(23,24)25/h3-9,15H,10-11H2,1-2H3. The zero-order valence-electron chi connectivity index (χ0n) is 16.7. The van der Waals surface area contributed by atoms with E-state index >= 15 is 0 Å². The van der Waals surface area contributed by atoms with Crippen molar-refractivity contribution in [2.75, 3.05) is 25.7 Å². The summed E-state index contributed by atoms with van der Waals surface area (Å²) < 4.78 is 54.7. The molecule has 0 N–H and O–H groups in total. The number of hydrogen-bond acceptors (Lipinski definition) is 5. The van der Waals surface area contributed by atoms with Crippen molar-refractivity contribution in [2.24, 2.45) is 0 Å². The minimum atomic E-state index is -4.49. The third-order valence-electron chi connectivity index (χ3n) is 5.38. The van der Waals surface area contributed by atoms with Crippen molar-refractivity contribution >= 4 is 17.6 Å². The van der Waals surface area contributed by atoms with Gasteiger partial charge in [-0.25, -0.2) is 4.79 Å². The fourth-order valence-electron chi connectivity index (χ4n) is 4.01. The van der Waals surface area contributed by atoms with E-state index in [1.807, 2.05) is 0 Å². The van der Waals surface area contributed by atoms with Crippen LogP contribution in [0, 0.1) is 0 Å². The summed E-state index contributed by atoms with van der Waals surface area (Å²) in [5, 5.41) is 0. The van der Waals surface area contributed by atoms with E-state index in [4.69, 9.17) is 14.2 Å². The number of esters is 1. The van der Waals surface area contributed by atoms with E-state index in [0.29, 0.717) is 22.8 Å². The maximum atomic E-state index is 13.1. The Bertz CT molecular complexity index is 1080. The van der Waals surface area contributed by atoms with Gasteiger partial charge >= 0.3 is 12.1 Å². The highest BCUT2D eigenvalue weighted by atomic mass is 19.4. The summed E-state index contributed by atoms with van der Waals surface area (Å²) in [5.41, 5.74) is 0.600. The average molecular weight is 433 g/mol. The molecule has 0 radical (unpaired) electrons. The Morgan fingerprint density at radius 2 is 1.74 bits per heavy atom. The largest absolute Gasteiger partial charge is 0.493 e. The summed E-state index contributed by atoms with van der Waals surface area (Å²) in [6.45, 7) is -0.149. The first-order valence-electron chi connectivity index (χ1n) is 9.37. The number of nitrogens with zero attached hydrogens (tertiary/aromatic N) is 1. The molecule has 0 aliphatic carbocycles. The second-order valence-electron chi connectivity index (χ2n) is 7.05. The summed E-state index contributed by atoms with van der Waals surface area (Å²) in [7, 11) is 2.94. The first kappa shape index (κ1) is 20.8. The van der Waals surface area contributed by atoms with E-state index in [2.05, 4.69) is 0 Å². The van der Waals surface area contributed by atoms with Gasteiger partial charge in [-0.1, -0.05) is 12.1 Å². The van der Waals surface area contributed by atoms with Crippen molar-refractivity contribution in [1.29, 1.82) is 0 Å². The highest BCUT2D eigenvalue weighted by molar-refractivity contribution is 6.06. The molecule has 2 aliphatic rings. The van der Waals surface area contributed by atoms with E-state index in [1.165, 1.54) is 31.3 Å². The maximum Gasteiger partial charge on any atom is 0.416 e. The zero-order valence-corrected chi connectivity index (χ0v) is 16.7. The van der Waals surface area contributed by atoms with E-state index in [-0.39, 0.29) is 30.2 Å². The smallest absolute Gasteiger partial charge is 0.416 e. The number of carbonyl (C=O) groups is 2. The van der Waals surface area contributed by atoms with Gasteiger partial charge in [-0.15, -0.1) is 0 Å². The quantitative estimate of drug-likeness (QED) is 0.681. The lowest BCUT2D eigenvalue weighted by Gasteiger charge is -2.32. The van der Waals surface area contributed by atoms with Crippen molar-refractivity contribution < 1.29 is 37.0 Å². The monoisotopic (exact) mass is 433 g/mol. The van der Waals surface area contributed by atoms with Gasteiger partial charge in [-0.2, -0.15) is 13.2 Å². The van der Waals surface area contributed by atoms with Crippen molar-refractivity contribution in [3.05, 3.63) is 64.9 Å². The van der Waals surface area contributed by atoms with Crippen LogP contribution in [0.15, 0.2) is 53.7 Å². The average Bonchev–Trinajstić information content (AvgIpc) is 3.13. The molecule has 31 heavy (non-hydrogen) atoms. The molecule has 0 spiro atoms. The summed E-state index contributed by atoms with van der Waals surface area (Å²) in [6, 6.07) is 9.38. The van der Waals surface area contributed by atoms with Crippen LogP contribution in [0.1, 0.15) is 23.5 Å². The highest BCUT2D eigenvalue weighted by Crippen LogP contribution is 2.46. The minimum Gasteiger partial charge on any atom is -0.493 e. The predicted molar refractivity (Wildman–Crippen MR) is 104 cm³/mol. The fraction of sp³-hybridized carbons (Fsp3) is 0.273. The Morgan fingerprint density at radius 1 is 1.03 bits per heavy atom. The van der Waals surface area contributed by atoms with Gasteiger partial charge in [0.25, 0.3) is 0 Å². The van der Waals surface area contributed by atoms with Crippen molar-refractivity contribution in [2.45, 2.75) is 18.5 Å². The number of rotatable bonds is 4. The van der Waals surface area contributed by atoms with Crippen LogP contribution in [0.4, 0.5) is 18.9 Å². The number of para-hydroxylation sites is 1. The molecule has 4 rings (SSSR count). The molecule has 0 fully saturated rings. The summed E-state index contributed by atoms with van der Waals surface area (Å²) >= 11 is 0.